The Morgan fingerprint density at radius 1 is 1.14 bits per heavy atom. The second-order valence-corrected chi connectivity index (χ2v) is 5.68. The van der Waals surface area contributed by atoms with Crippen molar-refractivity contribution in [1.29, 1.82) is 0 Å². The number of imide groups is 1. The van der Waals surface area contributed by atoms with Crippen LogP contribution in [0.25, 0.3) is 0 Å². The average Bonchev–Trinajstić information content (AvgIpc) is 3.06. The molecule has 0 fully saturated rings. The van der Waals surface area contributed by atoms with Crippen molar-refractivity contribution in [1.82, 2.24) is 10.2 Å². The molecule has 0 radical (unpaired) electrons. The molecule has 0 atom stereocenters. The third-order valence-corrected chi connectivity index (χ3v) is 3.85. The molecule has 2 aromatic rings. The normalized spacial score (nSPS) is 13.9. The molecule has 3 rings (SSSR count). The number of carbonyl (C=O) groups excluding carboxylic acids is 2. The summed E-state index contributed by atoms with van der Waals surface area (Å²) < 4.78 is 5.76. The molecule has 2 heterocycles. The van der Waals surface area contributed by atoms with E-state index in [1.165, 1.54) is 4.90 Å². The van der Waals surface area contributed by atoms with Crippen LogP contribution in [0.1, 0.15) is 26.3 Å². The highest BCUT2D eigenvalue weighted by molar-refractivity contribution is 9.10. The zero-order chi connectivity index (χ0) is 14.8. The number of nitrogens with zero attached hydrogens (tertiary/aromatic N) is 1. The van der Waals surface area contributed by atoms with Crippen molar-refractivity contribution in [3.63, 3.8) is 0 Å². The summed E-state index contributed by atoms with van der Waals surface area (Å²) in [7, 11) is 0. The Morgan fingerprint density at radius 2 is 1.95 bits per heavy atom. The van der Waals surface area contributed by atoms with Crippen LogP contribution in [0.3, 0.4) is 0 Å². The van der Waals surface area contributed by atoms with Crippen LogP contribution in [0.15, 0.2) is 45.7 Å². The first-order chi connectivity index (χ1) is 10.2. The largest absolute Gasteiger partial charge is 0.472 e. The third kappa shape index (κ3) is 2.77. The van der Waals surface area contributed by atoms with Crippen molar-refractivity contribution in [2.75, 3.05) is 13.1 Å². The predicted octanol–water partition coefficient (Wildman–Crippen LogP) is 2.43. The maximum Gasteiger partial charge on any atom is 0.261 e. The van der Waals surface area contributed by atoms with Crippen molar-refractivity contribution in [2.24, 2.45) is 0 Å². The van der Waals surface area contributed by atoms with Crippen LogP contribution in [0, 0.1) is 0 Å². The molecule has 2 amide bonds. The number of halogens is 1. The lowest BCUT2D eigenvalue weighted by atomic mass is 10.1. The Bertz CT molecular complexity index is 682. The molecule has 5 nitrogen and oxygen atoms in total. The first-order valence-corrected chi connectivity index (χ1v) is 7.33. The van der Waals surface area contributed by atoms with Gasteiger partial charge in [0.15, 0.2) is 0 Å². The quantitative estimate of drug-likeness (QED) is 0.665. The van der Waals surface area contributed by atoms with Gasteiger partial charge in [0.05, 0.1) is 23.7 Å². The van der Waals surface area contributed by atoms with Gasteiger partial charge in [-0.25, -0.2) is 0 Å². The summed E-state index contributed by atoms with van der Waals surface area (Å²) in [6.45, 7) is 1.53. The molecule has 1 aromatic carbocycles. The molecule has 1 aromatic heterocycles. The summed E-state index contributed by atoms with van der Waals surface area (Å²) in [6, 6.07) is 7.00. The van der Waals surface area contributed by atoms with E-state index in [1.807, 2.05) is 6.07 Å². The molecule has 0 saturated carbocycles. The minimum absolute atomic E-state index is 0.229. The zero-order valence-electron chi connectivity index (χ0n) is 11.1. The molecule has 108 valence electrons. The van der Waals surface area contributed by atoms with Gasteiger partial charge in [-0.1, -0.05) is 15.9 Å². The van der Waals surface area contributed by atoms with Crippen LogP contribution in [-0.2, 0) is 6.54 Å². The van der Waals surface area contributed by atoms with E-state index in [-0.39, 0.29) is 11.8 Å². The number of benzene rings is 1. The van der Waals surface area contributed by atoms with E-state index >= 15 is 0 Å². The van der Waals surface area contributed by atoms with Gasteiger partial charge in [0.2, 0.25) is 0 Å². The van der Waals surface area contributed by atoms with E-state index < -0.39 is 0 Å². The number of hydrogen-bond donors (Lipinski definition) is 1. The number of furan rings is 1. The Labute approximate surface area is 130 Å². The Hall–Kier alpha value is -1.92. The first kappa shape index (κ1) is 14.0. The van der Waals surface area contributed by atoms with Gasteiger partial charge in [-0.2, -0.15) is 0 Å². The van der Waals surface area contributed by atoms with Crippen molar-refractivity contribution in [3.05, 3.63) is 58.0 Å². The Morgan fingerprint density at radius 3 is 2.71 bits per heavy atom. The zero-order valence-corrected chi connectivity index (χ0v) is 12.7. The van der Waals surface area contributed by atoms with Crippen molar-refractivity contribution in [3.8, 4) is 0 Å². The molecule has 6 heteroatoms. The van der Waals surface area contributed by atoms with E-state index in [4.69, 9.17) is 4.42 Å². The van der Waals surface area contributed by atoms with E-state index in [1.54, 1.807) is 30.7 Å². The SMILES string of the molecule is O=C1c2ccc(Br)cc2C(=O)N1CCNCc1ccoc1. The Kier molecular flexibility index (Phi) is 3.90. The van der Waals surface area contributed by atoms with Crippen LogP contribution in [0.2, 0.25) is 0 Å². The van der Waals surface area contributed by atoms with E-state index in [2.05, 4.69) is 21.2 Å². The summed E-state index contributed by atoms with van der Waals surface area (Å²) in [5, 5.41) is 3.18. The molecule has 1 aliphatic rings. The van der Waals surface area contributed by atoms with Crippen LogP contribution >= 0.6 is 15.9 Å². The fourth-order valence-electron chi connectivity index (χ4n) is 2.28. The maximum atomic E-state index is 12.2. The van der Waals surface area contributed by atoms with Gasteiger partial charge in [0.1, 0.15) is 0 Å². The van der Waals surface area contributed by atoms with Crippen molar-refractivity contribution < 1.29 is 14.0 Å². The molecular formula is C15H13BrN2O3. The summed E-state index contributed by atoms with van der Waals surface area (Å²) in [5.74, 6) is -0.464. The molecular weight excluding hydrogens is 336 g/mol. The number of nitrogens with one attached hydrogen (secondary N) is 1. The predicted molar refractivity (Wildman–Crippen MR) is 79.9 cm³/mol. The molecule has 0 bridgehead atoms. The lowest BCUT2D eigenvalue weighted by molar-refractivity contribution is 0.0655. The summed E-state index contributed by atoms with van der Waals surface area (Å²) in [5.41, 5.74) is 1.96. The van der Waals surface area contributed by atoms with Gasteiger partial charge in [-0.15, -0.1) is 0 Å². The highest BCUT2D eigenvalue weighted by Crippen LogP contribution is 2.25. The summed E-state index contributed by atoms with van der Waals surface area (Å²) >= 11 is 3.31. The lowest BCUT2D eigenvalue weighted by Crippen LogP contribution is -2.36. The number of fused-ring (bicyclic) bond motifs is 1. The summed E-state index contributed by atoms with van der Waals surface area (Å²) in [4.78, 5) is 25.7. The maximum absolute atomic E-state index is 12.2. The van der Waals surface area contributed by atoms with Crippen LogP contribution in [0.5, 0.6) is 0 Å². The molecule has 1 N–H and O–H groups in total. The molecule has 0 unspecified atom stereocenters. The number of amides is 2. The molecule has 1 aliphatic heterocycles. The number of hydrogen-bond acceptors (Lipinski definition) is 4. The molecule has 0 aliphatic carbocycles. The van der Waals surface area contributed by atoms with Gasteiger partial charge in [-0.05, 0) is 24.3 Å². The molecule has 0 spiro atoms. The third-order valence-electron chi connectivity index (χ3n) is 3.35. The van der Waals surface area contributed by atoms with Gasteiger partial charge < -0.3 is 9.73 Å². The second-order valence-electron chi connectivity index (χ2n) is 4.76. The van der Waals surface area contributed by atoms with Crippen molar-refractivity contribution in [2.45, 2.75) is 6.54 Å². The van der Waals surface area contributed by atoms with Crippen molar-refractivity contribution >= 4 is 27.7 Å². The number of carbonyl (C=O) groups is 2. The average molecular weight is 349 g/mol. The first-order valence-electron chi connectivity index (χ1n) is 6.54. The van der Waals surface area contributed by atoms with Gasteiger partial charge >= 0.3 is 0 Å². The van der Waals surface area contributed by atoms with Crippen LogP contribution < -0.4 is 5.32 Å². The highest BCUT2D eigenvalue weighted by atomic mass is 79.9. The lowest BCUT2D eigenvalue weighted by Gasteiger charge is -2.13. The Balaban J connectivity index is 1.60. The minimum Gasteiger partial charge on any atom is -0.472 e. The topological polar surface area (TPSA) is 62.6 Å². The highest BCUT2D eigenvalue weighted by Gasteiger charge is 2.34. The fraction of sp³-hybridized carbons (Fsp3) is 0.200. The smallest absolute Gasteiger partial charge is 0.261 e. The second kappa shape index (κ2) is 5.83. The van der Waals surface area contributed by atoms with Gasteiger partial charge in [0, 0.05) is 29.7 Å². The number of rotatable bonds is 5. The molecule has 0 saturated heterocycles. The van der Waals surface area contributed by atoms with Crippen LogP contribution in [-0.4, -0.2) is 29.8 Å². The fourth-order valence-corrected chi connectivity index (χ4v) is 2.64. The molecule has 21 heavy (non-hydrogen) atoms. The monoisotopic (exact) mass is 348 g/mol. The van der Waals surface area contributed by atoms with Gasteiger partial charge in [0.25, 0.3) is 11.8 Å². The minimum atomic E-state index is -0.235. The summed E-state index contributed by atoms with van der Waals surface area (Å²) in [6.07, 6.45) is 3.27. The van der Waals surface area contributed by atoms with Gasteiger partial charge in [-0.3, -0.25) is 14.5 Å². The van der Waals surface area contributed by atoms with E-state index in [9.17, 15) is 9.59 Å². The van der Waals surface area contributed by atoms with E-state index in [0.29, 0.717) is 30.8 Å². The standard InChI is InChI=1S/C15H13BrN2O3/c16-11-1-2-12-13(7-11)15(20)18(14(12)19)5-4-17-8-10-3-6-21-9-10/h1-3,6-7,9,17H,4-5,8H2. The van der Waals surface area contributed by atoms with Crippen LogP contribution in [0.4, 0.5) is 0 Å². The van der Waals surface area contributed by atoms with E-state index in [0.717, 1.165) is 10.0 Å².